The van der Waals surface area contributed by atoms with Crippen LogP contribution in [0.4, 0.5) is 4.39 Å². The molecular formula is C25H35FO4S. The fourth-order valence-corrected chi connectivity index (χ4v) is 9.29. The molecule has 6 heteroatoms. The van der Waals surface area contributed by atoms with Crippen molar-refractivity contribution in [2.24, 2.45) is 22.7 Å². The molecule has 2 unspecified atom stereocenters. The van der Waals surface area contributed by atoms with Crippen LogP contribution < -0.4 is 0 Å². The van der Waals surface area contributed by atoms with E-state index in [1.54, 1.807) is 23.9 Å². The molecule has 4 nitrogen and oxygen atoms in total. The Kier molecular flexibility index (Phi) is 5.10. The third-order valence-corrected chi connectivity index (χ3v) is 10.8. The molecule has 5 rings (SSSR count). The second-order valence-electron chi connectivity index (χ2n) is 10.6. The number of halogens is 1. The monoisotopic (exact) mass is 450 g/mol. The lowest BCUT2D eigenvalue weighted by Crippen LogP contribution is -2.68. The third-order valence-electron chi connectivity index (χ3n) is 9.22. The molecule has 0 bridgehead atoms. The average molecular weight is 451 g/mol. The van der Waals surface area contributed by atoms with E-state index in [-0.39, 0.29) is 35.4 Å². The maximum absolute atomic E-state index is 17.2. The van der Waals surface area contributed by atoms with Crippen molar-refractivity contribution in [3.8, 4) is 0 Å². The van der Waals surface area contributed by atoms with Crippen LogP contribution in [-0.2, 0) is 14.3 Å². The van der Waals surface area contributed by atoms with Gasteiger partial charge in [0.05, 0.1) is 12.2 Å². The number of aliphatic hydroxyl groups is 1. The number of carbonyl (C=O) groups is 1. The third kappa shape index (κ3) is 2.62. The number of hydrogen-bond donors (Lipinski definition) is 1. The number of ketones is 1. The van der Waals surface area contributed by atoms with Gasteiger partial charge in [-0.1, -0.05) is 38.8 Å². The van der Waals surface area contributed by atoms with Gasteiger partial charge in [-0.05, 0) is 62.9 Å². The number of allylic oxidation sites excluding steroid dienone is 4. The Morgan fingerprint density at radius 1 is 1.29 bits per heavy atom. The van der Waals surface area contributed by atoms with Crippen LogP contribution in [0.5, 0.6) is 0 Å². The molecule has 0 amide bonds. The molecule has 31 heavy (non-hydrogen) atoms. The molecule has 1 aliphatic heterocycles. The lowest BCUT2D eigenvalue weighted by atomic mass is 9.45. The second kappa shape index (κ2) is 7.15. The van der Waals surface area contributed by atoms with Gasteiger partial charge in [-0.3, -0.25) is 4.79 Å². The molecule has 0 spiro atoms. The van der Waals surface area contributed by atoms with E-state index < -0.39 is 22.1 Å². The summed E-state index contributed by atoms with van der Waals surface area (Å²) in [6.07, 6.45) is 7.69. The van der Waals surface area contributed by atoms with Crippen molar-refractivity contribution in [1.82, 2.24) is 0 Å². The quantitative estimate of drug-likeness (QED) is 0.656. The number of rotatable bonds is 4. The number of carbonyl (C=O) groups excluding carboxylic acids is 1. The molecule has 0 radical (unpaired) electrons. The van der Waals surface area contributed by atoms with E-state index in [0.717, 1.165) is 30.6 Å². The second-order valence-corrected chi connectivity index (χ2v) is 12.0. The number of hydrogen-bond acceptors (Lipinski definition) is 5. The Morgan fingerprint density at radius 3 is 2.77 bits per heavy atom. The first-order valence-corrected chi connectivity index (χ1v) is 12.9. The standard InChI is InChI=1S/C25H35FO4S/c1-5-7-21-29-20-13-18-17-9-8-15-12-16(27)10-11-22(15,3)24(17,26)19(28)14-23(18,4)25(20,30-21)31-6-2/h10-12,17-21,28H,5-9,13-14H2,1-4H3/t17?,18?,19-,20+,21+,22-,23-,24-,25-/m0/s1. The summed E-state index contributed by atoms with van der Waals surface area (Å²) in [6, 6.07) is 0. The highest BCUT2D eigenvalue weighted by Gasteiger charge is 2.77. The van der Waals surface area contributed by atoms with Gasteiger partial charge >= 0.3 is 0 Å². The zero-order valence-corrected chi connectivity index (χ0v) is 19.8. The fourth-order valence-electron chi connectivity index (χ4n) is 7.78. The van der Waals surface area contributed by atoms with E-state index >= 15 is 4.39 Å². The molecule has 0 aromatic carbocycles. The van der Waals surface area contributed by atoms with Crippen LogP contribution in [-0.4, -0.2) is 45.7 Å². The summed E-state index contributed by atoms with van der Waals surface area (Å²) in [6.45, 7) is 8.33. The maximum Gasteiger partial charge on any atom is 0.178 e. The predicted molar refractivity (Wildman–Crippen MR) is 119 cm³/mol. The number of alkyl halides is 1. The summed E-state index contributed by atoms with van der Waals surface area (Å²) in [7, 11) is 0. The number of fused-ring (bicyclic) bond motifs is 7. The molecule has 5 aliphatic rings. The Balaban J connectivity index is 1.56. The average Bonchev–Trinajstić information content (AvgIpc) is 3.16. The van der Waals surface area contributed by atoms with Gasteiger partial charge in [-0.25, -0.2) is 4.39 Å². The lowest BCUT2D eigenvalue weighted by molar-refractivity contribution is -0.217. The van der Waals surface area contributed by atoms with Crippen LogP contribution in [0.3, 0.4) is 0 Å². The summed E-state index contributed by atoms with van der Waals surface area (Å²) in [4.78, 5) is 11.4. The maximum atomic E-state index is 17.2. The smallest absolute Gasteiger partial charge is 0.178 e. The minimum atomic E-state index is -1.79. The van der Waals surface area contributed by atoms with Gasteiger partial charge in [0.2, 0.25) is 0 Å². The van der Waals surface area contributed by atoms with E-state index in [1.807, 2.05) is 6.92 Å². The molecule has 0 aromatic heterocycles. The number of thioether (sulfide) groups is 1. The minimum Gasteiger partial charge on any atom is -0.390 e. The highest BCUT2D eigenvalue weighted by molar-refractivity contribution is 8.00. The first kappa shape index (κ1) is 22.1. The van der Waals surface area contributed by atoms with Gasteiger partial charge in [0.15, 0.2) is 17.7 Å². The Morgan fingerprint density at radius 2 is 2.06 bits per heavy atom. The minimum absolute atomic E-state index is 0.0666. The van der Waals surface area contributed by atoms with Crippen LogP contribution in [0.15, 0.2) is 23.8 Å². The SMILES string of the molecule is CCC[C@@H]1O[C@@H]2CC3C4CCC5=CC(=O)C=C[C@]5(C)[C@@]4(F)[C@@H](O)C[C@]3(C)[C@]2(SCC)O1. The van der Waals surface area contributed by atoms with Crippen molar-refractivity contribution in [3.63, 3.8) is 0 Å². The van der Waals surface area contributed by atoms with Crippen LogP contribution in [0, 0.1) is 22.7 Å². The van der Waals surface area contributed by atoms with Crippen molar-refractivity contribution < 1.29 is 23.8 Å². The van der Waals surface area contributed by atoms with E-state index in [0.29, 0.717) is 19.3 Å². The Labute approximate surface area is 189 Å². The topological polar surface area (TPSA) is 55.8 Å². The molecule has 9 atom stereocenters. The van der Waals surface area contributed by atoms with Crippen LogP contribution >= 0.6 is 11.8 Å². The summed E-state index contributed by atoms with van der Waals surface area (Å²) < 4.78 is 30.3. The molecule has 1 heterocycles. The van der Waals surface area contributed by atoms with E-state index in [4.69, 9.17) is 9.47 Å². The molecular weight excluding hydrogens is 415 g/mol. The zero-order chi connectivity index (χ0) is 22.2. The van der Waals surface area contributed by atoms with Crippen LogP contribution in [0.25, 0.3) is 0 Å². The molecule has 1 N–H and O–H groups in total. The predicted octanol–water partition coefficient (Wildman–Crippen LogP) is 4.96. The van der Waals surface area contributed by atoms with E-state index in [2.05, 4.69) is 20.8 Å². The Hall–Kier alpha value is -0.690. The van der Waals surface area contributed by atoms with Gasteiger partial charge < -0.3 is 14.6 Å². The first-order valence-electron chi connectivity index (χ1n) is 11.9. The normalized spacial score (nSPS) is 52.9. The van der Waals surface area contributed by atoms with E-state index in [1.165, 1.54) is 6.08 Å². The zero-order valence-electron chi connectivity index (χ0n) is 19.0. The van der Waals surface area contributed by atoms with Crippen LogP contribution in [0.1, 0.15) is 66.2 Å². The highest BCUT2D eigenvalue weighted by atomic mass is 32.2. The van der Waals surface area contributed by atoms with E-state index in [9.17, 15) is 9.90 Å². The highest BCUT2D eigenvalue weighted by Crippen LogP contribution is 2.73. The van der Waals surface area contributed by atoms with Crippen molar-refractivity contribution in [3.05, 3.63) is 23.8 Å². The molecule has 172 valence electrons. The molecule has 4 aliphatic carbocycles. The number of ether oxygens (including phenoxy) is 2. The number of aliphatic hydroxyl groups excluding tert-OH is 1. The summed E-state index contributed by atoms with van der Waals surface area (Å²) in [5.74, 6) is 0.579. The Bertz CT molecular complexity index is 843. The van der Waals surface area contributed by atoms with Gasteiger partial charge in [-0.15, -0.1) is 11.8 Å². The molecule has 4 fully saturated rings. The molecule has 0 aromatic rings. The van der Waals surface area contributed by atoms with Gasteiger partial charge in [0.1, 0.15) is 4.93 Å². The van der Waals surface area contributed by atoms with Crippen LogP contribution in [0.2, 0.25) is 0 Å². The van der Waals surface area contributed by atoms with Crippen molar-refractivity contribution in [1.29, 1.82) is 0 Å². The molecule has 3 saturated carbocycles. The van der Waals surface area contributed by atoms with Crippen molar-refractivity contribution in [2.45, 2.75) is 95.3 Å². The molecule has 1 saturated heterocycles. The van der Waals surface area contributed by atoms with Gasteiger partial charge in [0, 0.05) is 16.7 Å². The largest absolute Gasteiger partial charge is 0.390 e. The summed E-state index contributed by atoms with van der Waals surface area (Å²) in [5.41, 5.74) is -2.28. The van der Waals surface area contributed by atoms with Gasteiger partial charge in [0.25, 0.3) is 0 Å². The summed E-state index contributed by atoms with van der Waals surface area (Å²) >= 11 is 1.78. The first-order chi connectivity index (χ1) is 14.7. The van der Waals surface area contributed by atoms with Crippen molar-refractivity contribution in [2.75, 3.05) is 5.75 Å². The fraction of sp³-hybridized carbons (Fsp3) is 0.800. The lowest BCUT2D eigenvalue weighted by Gasteiger charge is -2.62. The van der Waals surface area contributed by atoms with Crippen molar-refractivity contribution >= 4 is 17.5 Å². The van der Waals surface area contributed by atoms with Gasteiger partial charge in [-0.2, -0.15) is 0 Å². The summed E-state index contributed by atoms with van der Waals surface area (Å²) in [5, 5.41) is 11.5.